The molecule has 0 atom stereocenters. The summed E-state index contributed by atoms with van der Waals surface area (Å²) >= 11 is 0. The van der Waals surface area contributed by atoms with Crippen LogP contribution in [0.3, 0.4) is 0 Å². The number of rotatable bonds is 4. The summed E-state index contributed by atoms with van der Waals surface area (Å²) < 4.78 is 1.70. The Balaban J connectivity index is 1.41. The molecule has 1 saturated heterocycles. The van der Waals surface area contributed by atoms with Gasteiger partial charge in [0.1, 0.15) is 5.82 Å². The minimum Gasteiger partial charge on any atom is -0.383 e. The van der Waals surface area contributed by atoms with Crippen LogP contribution in [0.4, 0.5) is 11.8 Å². The van der Waals surface area contributed by atoms with Crippen molar-refractivity contribution in [2.75, 3.05) is 36.8 Å². The molecule has 4 rings (SSSR count). The number of nitrogens with two attached hydrogens (primary N) is 1. The van der Waals surface area contributed by atoms with Gasteiger partial charge in [-0.05, 0) is 18.4 Å². The fourth-order valence-corrected chi connectivity index (χ4v) is 3.59. The van der Waals surface area contributed by atoms with Gasteiger partial charge in [0.2, 0.25) is 11.9 Å². The third-order valence-corrected chi connectivity index (χ3v) is 5.21. The lowest BCUT2D eigenvalue weighted by atomic mass is 10.1. The number of fused-ring (bicyclic) bond motifs is 1. The third kappa shape index (κ3) is 3.76. The van der Waals surface area contributed by atoms with Crippen molar-refractivity contribution in [1.29, 1.82) is 0 Å². The molecule has 0 spiro atoms. The highest BCUT2D eigenvalue weighted by Crippen LogP contribution is 2.21. The van der Waals surface area contributed by atoms with Gasteiger partial charge < -0.3 is 15.5 Å². The predicted octanol–water partition coefficient (Wildman–Crippen LogP) is 1.62. The molecule has 0 saturated carbocycles. The van der Waals surface area contributed by atoms with Crippen LogP contribution in [0, 0.1) is 0 Å². The molecule has 8 nitrogen and oxygen atoms in total. The Hall–Kier alpha value is -3.16. The van der Waals surface area contributed by atoms with E-state index in [2.05, 4.69) is 32.1 Å². The van der Waals surface area contributed by atoms with Gasteiger partial charge in [-0.3, -0.25) is 9.48 Å². The Kier molecular flexibility index (Phi) is 5.10. The van der Waals surface area contributed by atoms with Gasteiger partial charge in [0.05, 0.1) is 11.6 Å². The number of nitrogens with zero attached hydrogens (tertiary/aromatic N) is 6. The molecule has 3 heterocycles. The summed E-state index contributed by atoms with van der Waals surface area (Å²) in [5, 5.41) is 4.97. The van der Waals surface area contributed by atoms with E-state index >= 15 is 0 Å². The van der Waals surface area contributed by atoms with E-state index in [0.29, 0.717) is 31.3 Å². The van der Waals surface area contributed by atoms with Crippen LogP contribution in [0.25, 0.3) is 11.0 Å². The van der Waals surface area contributed by atoms with Gasteiger partial charge in [0.15, 0.2) is 5.65 Å². The van der Waals surface area contributed by atoms with Gasteiger partial charge in [-0.15, -0.1) is 0 Å². The average Bonchev–Trinajstić information content (AvgIpc) is 2.93. The van der Waals surface area contributed by atoms with Gasteiger partial charge in [0.25, 0.3) is 0 Å². The number of carbonyl (C=O) groups excluding carboxylic acids is 1. The van der Waals surface area contributed by atoms with Gasteiger partial charge in [0, 0.05) is 39.6 Å². The Bertz CT molecular complexity index is 969. The van der Waals surface area contributed by atoms with Crippen molar-refractivity contribution < 1.29 is 4.79 Å². The van der Waals surface area contributed by atoms with Crippen LogP contribution in [0.15, 0.2) is 36.5 Å². The molecule has 2 N–H and O–H groups in total. The van der Waals surface area contributed by atoms with Crippen molar-refractivity contribution in [2.45, 2.75) is 19.3 Å². The minimum atomic E-state index is 0.202. The van der Waals surface area contributed by atoms with Crippen LogP contribution in [0.2, 0.25) is 0 Å². The highest BCUT2D eigenvalue weighted by Gasteiger charge is 2.21. The van der Waals surface area contributed by atoms with Crippen molar-refractivity contribution in [3.05, 3.63) is 42.1 Å². The van der Waals surface area contributed by atoms with Crippen molar-refractivity contribution in [3.8, 4) is 0 Å². The summed E-state index contributed by atoms with van der Waals surface area (Å²) in [4.78, 5) is 25.8. The fourth-order valence-electron chi connectivity index (χ4n) is 3.59. The molecular weight excluding hydrogens is 354 g/mol. The van der Waals surface area contributed by atoms with E-state index < -0.39 is 0 Å². The third-order valence-electron chi connectivity index (χ3n) is 5.21. The van der Waals surface area contributed by atoms with Crippen LogP contribution in [-0.4, -0.2) is 56.7 Å². The summed E-state index contributed by atoms with van der Waals surface area (Å²) in [7, 11) is 1.84. The van der Waals surface area contributed by atoms with Crippen LogP contribution < -0.4 is 10.6 Å². The number of hydrogen-bond acceptors (Lipinski definition) is 6. The molecule has 1 aliphatic rings. The zero-order valence-corrected chi connectivity index (χ0v) is 16.1. The molecule has 3 aromatic rings. The van der Waals surface area contributed by atoms with Crippen LogP contribution in [0.5, 0.6) is 0 Å². The fraction of sp³-hybridized carbons (Fsp3) is 0.400. The van der Waals surface area contributed by atoms with E-state index in [-0.39, 0.29) is 5.91 Å². The number of nitrogen functional groups attached to an aromatic ring is 1. The smallest absolute Gasteiger partial charge is 0.229 e. The molecule has 1 aliphatic heterocycles. The summed E-state index contributed by atoms with van der Waals surface area (Å²) in [5.41, 5.74) is 8.01. The number of aryl methyl sites for hydroxylation is 2. The van der Waals surface area contributed by atoms with Gasteiger partial charge in [-0.2, -0.15) is 15.1 Å². The van der Waals surface area contributed by atoms with E-state index in [1.807, 2.05) is 30.1 Å². The molecule has 146 valence electrons. The molecule has 0 aliphatic carbocycles. The first kappa shape index (κ1) is 18.2. The lowest BCUT2D eigenvalue weighted by Crippen LogP contribution is -2.35. The zero-order valence-electron chi connectivity index (χ0n) is 16.1. The molecule has 28 heavy (non-hydrogen) atoms. The van der Waals surface area contributed by atoms with E-state index in [4.69, 9.17) is 5.73 Å². The minimum absolute atomic E-state index is 0.202. The predicted molar refractivity (Wildman–Crippen MR) is 109 cm³/mol. The van der Waals surface area contributed by atoms with E-state index in [1.54, 1.807) is 10.9 Å². The quantitative estimate of drug-likeness (QED) is 0.740. The van der Waals surface area contributed by atoms with Crippen molar-refractivity contribution in [1.82, 2.24) is 24.6 Å². The molecule has 0 radical (unpaired) electrons. The van der Waals surface area contributed by atoms with Crippen molar-refractivity contribution in [2.24, 2.45) is 7.05 Å². The summed E-state index contributed by atoms with van der Waals surface area (Å²) in [6.45, 7) is 2.92. The van der Waals surface area contributed by atoms with Crippen LogP contribution in [-0.2, 0) is 18.3 Å². The normalized spacial score (nSPS) is 15.0. The largest absolute Gasteiger partial charge is 0.383 e. The molecule has 2 aromatic heterocycles. The topological polar surface area (TPSA) is 93.2 Å². The van der Waals surface area contributed by atoms with Crippen LogP contribution in [0.1, 0.15) is 18.4 Å². The number of aromatic nitrogens is 4. The second kappa shape index (κ2) is 7.84. The Labute approximate surface area is 164 Å². The maximum atomic E-state index is 12.7. The SMILES string of the molecule is Cn1ncc2c(N)nc(N3CCCN(C(=O)CCc4ccccc4)CC3)nc21. The average molecular weight is 379 g/mol. The van der Waals surface area contributed by atoms with Gasteiger partial charge in [-0.25, -0.2) is 0 Å². The lowest BCUT2D eigenvalue weighted by Gasteiger charge is -2.22. The number of benzene rings is 1. The summed E-state index contributed by atoms with van der Waals surface area (Å²) in [5.74, 6) is 1.24. The number of carbonyl (C=O) groups is 1. The van der Waals surface area contributed by atoms with Crippen molar-refractivity contribution >= 4 is 28.7 Å². The van der Waals surface area contributed by atoms with Crippen LogP contribution >= 0.6 is 0 Å². The second-order valence-electron chi connectivity index (χ2n) is 7.12. The van der Waals surface area contributed by atoms with E-state index in [1.165, 1.54) is 5.56 Å². The Morgan fingerprint density at radius 2 is 1.93 bits per heavy atom. The maximum absolute atomic E-state index is 12.7. The molecule has 8 heteroatoms. The Morgan fingerprint density at radius 3 is 2.75 bits per heavy atom. The first-order chi connectivity index (χ1) is 13.6. The first-order valence-corrected chi connectivity index (χ1v) is 9.63. The highest BCUT2D eigenvalue weighted by molar-refractivity contribution is 5.86. The van der Waals surface area contributed by atoms with Crippen molar-refractivity contribution in [3.63, 3.8) is 0 Å². The number of hydrogen-bond donors (Lipinski definition) is 1. The number of anilines is 2. The lowest BCUT2D eigenvalue weighted by molar-refractivity contribution is -0.130. The Morgan fingerprint density at radius 1 is 1.11 bits per heavy atom. The highest BCUT2D eigenvalue weighted by atomic mass is 16.2. The molecule has 0 unspecified atom stereocenters. The monoisotopic (exact) mass is 379 g/mol. The molecular formula is C20H25N7O. The molecule has 1 amide bonds. The maximum Gasteiger partial charge on any atom is 0.229 e. The first-order valence-electron chi connectivity index (χ1n) is 9.63. The van der Waals surface area contributed by atoms with E-state index in [9.17, 15) is 4.79 Å². The molecule has 0 bridgehead atoms. The van der Waals surface area contributed by atoms with Gasteiger partial charge >= 0.3 is 0 Å². The summed E-state index contributed by atoms with van der Waals surface area (Å²) in [6.07, 6.45) is 3.87. The second-order valence-corrected chi connectivity index (χ2v) is 7.12. The van der Waals surface area contributed by atoms with Gasteiger partial charge in [-0.1, -0.05) is 30.3 Å². The number of amides is 1. The zero-order chi connectivity index (χ0) is 19.5. The van der Waals surface area contributed by atoms with E-state index in [0.717, 1.165) is 37.0 Å². The molecule has 1 aromatic carbocycles. The molecule has 1 fully saturated rings. The standard InChI is InChI=1S/C20H25N7O/c1-25-19-16(14-22-25)18(21)23-20(24-19)27-11-5-10-26(12-13-27)17(28)9-8-15-6-3-2-4-7-15/h2-4,6-7,14H,5,8-13H2,1H3,(H2,21,23,24). The summed E-state index contributed by atoms with van der Waals surface area (Å²) in [6, 6.07) is 10.1.